The molecular weight excluding hydrogens is 224 g/mol. The molecule has 1 saturated carbocycles. The predicted octanol–water partition coefficient (Wildman–Crippen LogP) is 1.63. The average molecular weight is 246 g/mol. The first-order valence-corrected chi connectivity index (χ1v) is 7.12. The normalized spacial score (nSPS) is 20.2. The molecule has 4 heteroatoms. The standard InChI is InChI=1S/C14H22N4/c1-3-12-10(2)16-13(11-4-5-11)17-14(12)18-8-6-15-7-9-18/h11,15H,3-9H2,1-2H3. The quantitative estimate of drug-likeness (QED) is 0.880. The van der Waals surface area contributed by atoms with E-state index in [-0.39, 0.29) is 0 Å². The lowest BCUT2D eigenvalue weighted by atomic mass is 10.1. The van der Waals surface area contributed by atoms with E-state index in [1.807, 2.05) is 0 Å². The van der Waals surface area contributed by atoms with Gasteiger partial charge in [0, 0.05) is 43.4 Å². The highest BCUT2D eigenvalue weighted by Gasteiger charge is 2.29. The molecule has 2 heterocycles. The van der Waals surface area contributed by atoms with Crippen LogP contribution in [0.2, 0.25) is 0 Å². The Balaban J connectivity index is 1.97. The number of nitrogens with zero attached hydrogens (tertiary/aromatic N) is 3. The van der Waals surface area contributed by atoms with Gasteiger partial charge in [0.05, 0.1) is 0 Å². The minimum Gasteiger partial charge on any atom is -0.354 e. The Morgan fingerprint density at radius 3 is 2.56 bits per heavy atom. The zero-order valence-electron chi connectivity index (χ0n) is 11.4. The molecule has 18 heavy (non-hydrogen) atoms. The summed E-state index contributed by atoms with van der Waals surface area (Å²) in [4.78, 5) is 12.0. The number of piperazine rings is 1. The fraction of sp³-hybridized carbons (Fsp3) is 0.714. The lowest BCUT2D eigenvalue weighted by Gasteiger charge is -2.30. The van der Waals surface area contributed by atoms with Gasteiger partial charge in [0.15, 0.2) is 0 Å². The molecule has 0 atom stereocenters. The molecule has 1 aromatic heterocycles. The van der Waals surface area contributed by atoms with Crippen molar-refractivity contribution in [3.63, 3.8) is 0 Å². The molecule has 0 bridgehead atoms. The summed E-state index contributed by atoms with van der Waals surface area (Å²) < 4.78 is 0. The van der Waals surface area contributed by atoms with E-state index in [4.69, 9.17) is 9.97 Å². The van der Waals surface area contributed by atoms with E-state index in [1.165, 1.54) is 29.9 Å². The van der Waals surface area contributed by atoms with Gasteiger partial charge in [-0.2, -0.15) is 0 Å². The van der Waals surface area contributed by atoms with Crippen LogP contribution in [0.25, 0.3) is 0 Å². The second-order valence-electron chi connectivity index (χ2n) is 5.33. The third-order valence-electron chi connectivity index (χ3n) is 3.92. The Morgan fingerprint density at radius 2 is 1.94 bits per heavy atom. The Kier molecular flexibility index (Phi) is 3.20. The minimum atomic E-state index is 0.635. The minimum absolute atomic E-state index is 0.635. The first kappa shape index (κ1) is 11.9. The Bertz CT molecular complexity index is 434. The molecule has 1 aliphatic heterocycles. The fourth-order valence-electron chi connectivity index (χ4n) is 2.68. The van der Waals surface area contributed by atoms with Gasteiger partial charge in [0.2, 0.25) is 0 Å². The van der Waals surface area contributed by atoms with Crippen molar-refractivity contribution in [3.05, 3.63) is 17.1 Å². The molecule has 0 spiro atoms. The average Bonchev–Trinajstić information content (AvgIpc) is 3.23. The third-order valence-corrected chi connectivity index (χ3v) is 3.92. The molecule has 1 saturated heterocycles. The Morgan fingerprint density at radius 1 is 1.22 bits per heavy atom. The van der Waals surface area contributed by atoms with E-state index in [2.05, 4.69) is 24.1 Å². The van der Waals surface area contributed by atoms with Crippen LogP contribution in [0.3, 0.4) is 0 Å². The Hall–Kier alpha value is -1.16. The number of hydrogen-bond donors (Lipinski definition) is 1. The second kappa shape index (κ2) is 4.84. The first-order valence-electron chi connectivity index (χ1n) is 7.12. The number of nitrogens with one attached hydrogen (secondary N) is 1. The van der Waals surface area contributed by atoms with Gasteiger partial charge in [0.25, 0.3) is 0 Å². The highest BCUT2D eigenvalue weighted by atomic mass is 15.2. The molecule has 1 aromatic rings. The van der Waals surface area contributed by atoms with Crippen molar-refractivity contribution < 1.29 is 0 Å². The van der Waals surface area contributed by atoms with Gasteiger partial charge in [-0.05, 0) is 26.2 Å². The summed E-state index contributed by atoms with van der Waals surface area (Å²) in [5.41, 5.74) is 2.52. The molecule has 3 rings (SSSR count). The number of aromatic nitrogens is 2. The molecule has 4 nitrogen and oxygen atoms in total. The van der Waals surface area contributed by atoms with Gasteiger partial charge in [-0.15, -0.1) is 0 Å². The summed E-state index contributed by atoms with van der Waals surface area (Å²) in [5, 5.41) is 3.40. The summed E-state index contributed by atoms with van der Waals surface area (Å²) in [6.45, 7) is 8.59. The number of aryl methyl sites for hydroxylation is 1. The van der Waals surface area contributed by atoms with Crippen LogP contribution in [-0.2, 0) is 6.42 Å². The molecule has 0 unspecified atom stereocenters. The third kappa shape index (κ3) is 2.21. The van der Waals surface area contributed by atoms with E-state index < -0.39 is 0 Å². The Labute approximate surface area is 109 Å². The lowest BCUT2D eigenvalue weighted by Crippen LogP contribution is -2.44. The number of anilines is 1. The first-order chi connectivity index (χ1) is 8.79. The summed E-state index contributed by atoms with van der Waals surface area (Å²) in [6, 6.07) is 0. The van der Waals surface area contributed by atoms with Crippen LogP contribution in [0.5, 0.6) is 0 Å². The zero-order valence-corrected chi connectivity index (χ0v) is 11.4. The highest BCUT2D eigenvalue weighted by molar-refractivity contribution is 5.50. The van der Waals surface area contributed by atoms with Crippen LogP contribution in [0, 0.1) is 6.92 Å². The van der Waals surface area contributed by atoms with Gasteiger partial charge in [-0.25, -0.2) is 9.97 Å². The van der Waals surface area contributed by atoms with Crippen molar-refractivity contribution in [1.82, 2.24) is 15.3 Å². The van der Waals surface area contributed by atoms with Crippen molar-refractivity contribution in [2.24, 2.45) is 0 Å². The van der Waals surface area contributed by atoms with Crippen LogP contribution in [0.4, 0.5) is 5.82 Å². The molecular formula is C14H22N4. The maximum atomic E-state index is 4.88. The van der Waals surface area contributed by atoms with Gasteiger partial charge in [0.1, 0.15) is 11.6 Å². The smallest absolute Gasteiger partial charge is 0.135 e. The maximum absolute atomic E-state index is 4.88. The second-order valence-corrected chi connectivity index (χ2v) is 5.33. The number of hydrogen-bond acceptors (Lipinski definition) is 4. The van der Waals surface area contributed by atoms with E-state index in [0.717, 1.165) is 38.4 Å². The van der Waals surface area contributed by atoms with Crippen LogP contribution < -0.4 is 10.2 Å². The van der Waals surface area contributed by atoms with E-state index in [1.54, 1.807) is 0 Å². The molecule has 2 aliphatic rings. The lowest BCUT2D eigenvalue weighted by molar-refractivity contribution is 0.581. The highest BCUT2D eigenvalue weighted by Crippen LogP contribution is 2.39. The molecule has 2 fully saturated rings. The van der Waals surface area contributed by atoms with Crippen molar-refractivity contribution >= 4 is 5.82 Å². The maximum Gasteiger partial charge on any atom is 0.135 e. The predicted molar refractivity (Wildman–Crippen MR) is 73.2 cm³/mol. The van der Waals surface area contributed by atoms with Crippen molar-refractivity contribution in [2.45, 2.75) is 39.0 Å². The van der Waals surface area contributed by atoms with Crippen LogP contribution in [0.15, 0.2) is 0 Å². The summed E-state index contributed by atoms with van der Waals surface area (Å²) in [5.74, 6) is 2.92. The zero-order chi connectivity index (χ0) is 12.5. The summed E-state index contributed by atoms with van der Waals surface area (Å²) >= 11 is 0. The van der Waals surface area contributed by atoms with Crippen LogP contribution in [0.1, 0.15) is 42.8 Å². The van der Waals surface area contributed by atoms with Gasteiger partial charge >= 0.3 is 0 Å². The molecule has 98 valence electrons. The molecule has 1 aliphatic carbocycles. The van der Waals surface area contributed by atoms with Crippen LogP contribution >= 0.6 is 0 Å². The number of rotatable bonds is 3. The van der Waals surface area contributed by atoms with E-state index in [0.29, 0.717) is 5.92 Å². The van der Waals surface area contributed by atoms with Crippen molar-refractivity contribution in [2.75, 3.05) is 31.1 Å². The largest absolute Gasteiger partial charge is 0.354 e. The monoisotopic (exact) mass is 246 g/mol. The summed E-state index contributed by atoms with van der Waals surface area (Å²) in [6.07, 6.45) is 3.56. The SMILES string of the molecule is CCc1c(C)nc(C2CC2)nc1N1CCNCC1. The van der Waals surface area contributed by atoms with E-state index in [9.17, 15) is 0 Å². The van der Waals surface area contributed by atoms with E-state index >= 15 is 0 Å². The molecule has 0 aromatic carbocycles. The topological polar surface area (TPSA) is 41.1 Å². The van der Waals surface area contributed by atoms with Crippen molar-refractivity contribution in [1.29, 1.82) is 0 Å². The van der Waals surface area contributed by atoms with Crippen LogP contribution in [-0.4, -0.2) is 36.1 Å². The fourth-order valence-corrected chi connectivity index (χ4v) is 2.68. The molecule has 1 N–H and O–H groups in total. The van der Waals surface area contributed by atoms with Gasteiger partial charge in [-0.1, -0.05) is 6.92 Å². The molecule has 0 radical (unpaired) electrons. The van der Waals surface area contributed by atoms with Crippen molar-refractivity contribution in [3.8, 4) is 0 Å². The summed E-state index contributed by atoms with van der Waals surface area (Å²) in [7, 11) is 0. The molecule has 0 amide bonds. The van der Waals surface area contributed by atoms with Gasteiger partial charge < -0.3 is 10.2 Å². The van der Waals surface area contributed by atoms with Gasteiger partial charge in [-0.3, -0.25) is 0 Å².